The van der Waals surface area contributed by atoms with Crippen LogP contribution in [0.25, 0.3) is 0 Å². The molecule has 0 aromatic rings. The average molecular weight is 222 g/mol. The minimum Gasteiger partial charge on any atom is -0.302 e. The van der Waals surface area contributed by atoms with Crippen LogP contribution in [0.5, 0.6) is 0 Å². The Kier molecular flexibility index (Phi) is 2.97. The van der Waals surface area contributed by atoms with Gasteiger partial charge in [0.1, 0.15) is 0 Å². The number of likely N-dealkylation sites (tertiary alicyclic amines) is 2. The van der Waals surface area contributed by atoms with Crippen molar-refractivity contribution in [1.82, 2.24) is 9.80 Å². The van der Waals surface area contributed by atoms with Gasteiger partial charge in [0.2, 0.25) is 0 Å². The highest BCUT2D eigenvalue weighted by Gasteiger charge is 2.45. The van der Waals surface area contributed by atoms with Gasteiger partial charge in [0.05, 0.1) is 0 Å². The molecule has 3 aliphatic rings. The Balaban J connectivity index is 1.40. The van der Waals surface area contributed by atoms with Gasteiger partial charge in [-0.05, 0) is 64.0 Å². The van der Waals surface area contributed by atoms with Crippen molar-refractivity contribution in [2.24, 2.45) is 17.8 Å². The van der Waals surface area contributed by atoms with Crippen LogP contribution in [-0.2, 0) is 0 Å². The van der Waals surface area contributed by atoms with Crippen LogP contribution in [0.4, 0.5) is 0 Å². The van der Waals surface area contributed by atoms with Gasteiger partial charge < -0.3 is 9.80 Å². The molecule has 1 aliphatic carbocycles. The Morgan fingerprint density at radius 1 is 1.06 bits per heavy atom. The first kappa shape index (κ1) is 11.0. The number of nitrogens with zero attached hydrogens (tertiary/aromatic N) is 2. The van der Waals surface area contributed by atoms with Crippen LogP contribution >= 0.6 is 0 Å². The zero-order valence-corrected chi connectivity index (χ0v) is 10.9. The fourth-order valence-corrected chi connectivity index (χ4v) is 3.66. The maximum atomic E-state index is 2.74. The van der Waals surface area contributed by atoms with Crippen LogP contribution in [0.2, 0.25) is 0 Å². The van der Waals surface area contributed by atoms with Gasteiger partial charge in [0, 0.05) is 25.7 Å². The molecule has 0 N–H and O–H groups in total. The Bertz CT molecular complexity index is 233. The standard InChI is InChI=1S/C14H26N2/c1-11(2)16-5-3-12(4-6-16)8-15-9-13-7-14(13)10-15/h11-14H,3-10H2,1-2H3/t13-,14+. The van der Waals surface area contributed by atoms with E-state index in [1.165, 1.54) is 45.6 Å². The molecule has 16 heavy (non-hydrogen) atoms. The Morgan fingerprint density at radius 3 is 2.25 bits per heavy atom. The molecule has 0 bridgehead atoms. The van der Waals surface area contributed by atoms with Gasteiger partial charge in [0.25, 0.3) is 0 Å². The monoisotopic (exact) mass is 222 g/mol. The van der Waals surface area contributed by atoms with Crippen molar-refractivity contribution in [3.63, 3.8) is 0 Å². The van der Waals surface area contributed by atoms with Crippen molar-refractivity contribution in [2.45, 2.75) is 39.2 Å². The molecule has 0 aromatic carbocycles. The normalized spacial score (nSPS) is 36.9. The van der Waals surface area contributed by atoms with Crippen LogP contribution in [0.3, 0.4) is 0 Å². The third-order valence-electron chi connectivity index (χ3n) is 4.95. The lowest BCUT2D eigenvalue weighted by Crippen LogP contribution is -2.41. The van der Waals surface area contributed by atoms with E-state index in [-0.39, 0.29) is 0 Å². The molecule has 2 heteroatoms. The van der Waals surface area contributed by atoms with E-state index in [0.29, 0.717) is 0 Å². The molecule has 0 amide bonds. The highest BCUT2D eigenvalue weighted by atomic mass is 15.2. The van der Waals surface area contributed by atoms with Gasteiger partial charge in [-0.2, -0.15) is 0 Å². The summed E-state index contributed by atoms with van der Waals surface area (Å²) in [5.74, 6) is 3.21. The molecule has 2 nitrogen and oxygen atoms in total. The number of hydrogen-bond acceptors (Lipinski definition) is 2. The number of fused-ring (bicyclic) bond motifs is 1. The number of rotatable bonds is 3. The molecule has 0 unspecified atom stereocenters. The van der Waals surface area contributed by atoms with Gasteiger partial charge in [-0.1, -0.05) is 0 Å². The van der Waals surface area contributed by atoms with Gasteiger partial charge in [-0.25, -0.2) is 0 Å². The second kappa shape index (κ2) is 4.30. The summed E-state index contributed by atoms with van der Waals surface area (Å²) in [7, 11) is 0. The quantitative estimate of drug-likeness (QED) is 0.721. The molecule has 0 spiro atoms. The summed E-state index contributed by atoms with van der Waals surface area (Å²) < 4.78 is 0. The van der Waals surface area contributed by atoms with Crippen molar-refractivity contribution in [3.05, 3.63) is 0 Å². The second-order valence-electron chi connectivity index (χ2n) is 6.55. The largest absolute Gasteiger partial charge is 0.302 e. The minimum absolute atomic E-state index is 0.750. The molecule has 0 radical (unpaired) electrons. The third kappa shape index (κ3) is 2.28. The summed E-state index contributed by atoms with van der Waals surface area (Å²) in [6, 6.07) is 0.750. The first-order valence-corrected chi connectivity index (χ1v) is 7.19. The smallest absolute Gasteiger partial charge is 0.00385 e. The Hall–Kier alpha value is -0.0800. The first-order valence-electron chi connectivity index (χ1n) is 7.19. The van der Waals surface area contributed by atoms with E-state index in [1.54, 1.807) is 6.42 Å². The lowest BCUT2D eigenvalue weighted by molar-refractivity contribution is 0.125. The molecule has 2 atom stereocenters. The van der Waals surface area contributed by atoms with Crippen LogP contribution in [-0.4, -0.2) is 48.6 Å². The molecule has 0 aromatic heterocycles. The second-order valence-corrected chi connectivity index (χ2v) is 6.55. The van der Waals surface area contributed by atoms with Crippen molar-refractivity contribution >= 4 is 0 Å². The van der Waals surface area contributed by atoms with E-state index in [1.807, 2.05) is 0 Å². The van der Waals surface area contributed by atoms with Crippen LogP contribution in [0.1, 0.15) is 33.1 Å². The highest BCUT2D eigenvalue weighted by molar-refractivity contribution is 4.97. The topological polar surface area (TPSA) is 6.48 Å². The fourth-order valence-electron chi connectivity index (χ4n) is 3.66. The van der Waals surface area contributed by atoms with Crippen molar-refractivity contribution < 1.29 is 0 Å². The predicted molar refractivity (Wildman–Crippen MR) is 67.5 cm³/mol. The van der Waals surface area contributed by atoms with Gasteiger partial charge in [-0.15, -0.1) is 0 Å². The fraction of sp³-hybridized carbons (Fsp3) is 1.00. The molecule has 92 valence electrons. The molecule has 3 fully saturated rings. The molecule has 2 saturated heterocycles. The van der Waals surface area contributed by atoms with Gasteiger partial charge >= 0.3 is 0 Å². The van der Waals surface area contributed by atoms with E-state index in [0.717, 1.165) is 23.8 Å². The zero-order chi connectivity index (χ0) is 11.1. The highest BCUT2D eigenvalue weighted by Crippen LogP contribution is 2.45. The molecule has 2 heterocycles. The zero-order valence-electron chi connectivity index (χ0n) is 10.9. The Labute approximate surface area is 100.0 Å². The van der Waals surface area contributed by atoms with Crippen molar-refractivity contribution in [2.75, 3.05) is 32.7 Å². The minimum atomic E-state index is 0.750. The first-order chi connectivity index (χ1) is 7.72. The molecular weight excluding hydrogens is 196 g/mol. The predicted octanol–water partition coefficient (Wildman–Crippen LogP) is 2.06. The van der Waals surface area contributed by atoms with Crippen molar-refractivity contribution in [3.8, 4) is 0 Å². The van der Waals surface area contributed by atoms with E-state index >= 15 is 0 Å². The SMILES string of the molecule is CC(C)N1CCC(CN2C[C@H]3C[C@H]3C2)CC1. The summed E-state index contributed by atoms with van der Waals surface area (Å²) in [4.78, 5) is 5.38. The van der Waals surface area contributed by atoms with Crippen LogP contribution < -0.4 is 0 Å². The van der Waals surface area contributed by atoms with Crippen LogP contribution in [0.15, 0.2) is 0 Å². The molecule has 3 rings (SSSR count). The van der Waals surface area contributed by atoms with E-state index in [4.69, 9.17) is 0 Å². The van der Waals surface area contributed by atoms with E-state index < -0.39 is 0 Å². The molecule has 2 aliphatic heterocycles. The summed E-state index contributed by atoms with van der Waals surface area (Å²) >= 11 is 0. The maximum Gasteiger partial charge on any atom is 0.00385 e. The molecular formula is C14H26N2. The van der Waals surface area contributed by atoms with Crippen molar-refractivity contribution in [1.29, 1.82) is 0 Å². The number of piperidine rings is 2. The average Bonchev–Trinajstić information content (AvgIpc) is 2.87. The summed E-state index contributed by atoms with van der Waals surface area (Å²) in [5.41, 5.74) is 0. The lowest BCUT2D eigenvalue weighted by atomic mass is 9.95. The number of hydrogen-bond donors (Lipinski definition) is 0. The third-order valence-corrected chi connectivity index (χ3v) is 4.95. The Morgan fingerprint density at radius 2 is 1.69 bits per heavy atom. The summed E-state index contributed by atoms with van der Waals surface area (Å²) in [6.07, 6.45) is 4.41. The lowest BCUT2D eigenvalue weighted by Gasteiger charge is -2.36. The maximum absolute atomic E-state index is 2.74. The van der Waals surface area contributed by atoms with Gasteiger partial charge in [0.15, 0.2) is 0 Å². The summed E-state index contributed by atoms with van der Waals surface area (Å²) in [5, 5.41) is 0. The van der Waals surface area contributed by atoms with Gasteiger partial charge in [-0.3, -0.25) is 0 Å². The molecule has 1 saturated carbocycles. The van der Waals surface area contributed by atoms with E-state index in [2.05, 4.69) is 23.6 Å². The summed E-state index contributed by atoms with van der Waals surface area (Å²) in [6.45, 7) is 11.6. The van der Waals surface area contributed by atoms with E-state index in [9.17, 15) is 0 Å². The van der Waals surface area contributed by atoms with Crippen LogP contribution in [0, 0.1) is 17.8 Å².